The molecule has 2 rings (SSSR count). The summed E-state index contributed by atoms with van der Waals surface area (Å²) in [6.45, 7) is 4.94. The molecule has 0 spiro atoms. The number of para-hydroxylation sites is 1. The molecular formula is C27H41O3P. The second-order valence-corrected chi connectivity index (χ2v) is 9.33. The van der Waals surface area contributed by atoms with E-state index in [0.717, 1.165) is 24.8 Å². The van der Waals surface area contributed by atoms with Crippen molar-refractivity contribution in [2.24, 2.45) is 0 Å². The molecule has 1 atom stereocenters. The molecule has 0 radical (unpaired) electrons. The third kappa shape index (κ3) is 11.1. The molecule has 1 N–H and O–H groups in total. The quantitative estimate of drug-likeness (QED) is 0.196. The van der Waals surface area contributed by atoms with Crippen molar-refractivity contribution in [1.29, 1.82) is 0 Å². The molecule has 0 aliphatic heterocycles. The Bertz CT molecular complexity index is 719. The Hall–Kier alpha value is -1.41. The van der Waals surface area contributed by atoms with Crippen molar-refractivity contribution in [3.8, 4) is 5.75 Å². The lowest BCUT2D eigenvalue weighted by atomic mass is 10.0. The monoisotopic (exact) mass is 444 g/mol. The summed E-state index contributed by atoms with van der Waals surface area (Å²) in [6, 6.07) is 16.3. The van der Waals surface area contributed by atoms with Crippen LogP contribution in [0.15, 0.2) is 48.5 Å². The average molecular weight is 445 g/mol. The van der Waals surface area contributed by atoms with Gasteiger partial charge < -0.3 is 13.9 Å². The van der Waals surface area contributed by atoms with Gasteiger partial charge in [-0.3, -0.25) is 0 Å². The zero-order valence-electron chi connectivity index (χ0n) is 19.5. The molecule has 0 amide bonds. The minimum atomic E-state index is -1.89. The number of rotatable bonds is 17. The number of unbranched alkanes of at least 4 members (excludes halogenated alkanes) is 10. The number of hydrogen-bond donors (Lipinski definition) is 1. The van der Waals surface area contributed by atoms with Gasteiger partial charge in [-0.15, -0.1) is 0 Å². The van der Waals surface area contributed by atoms with E-state index in [-0.39, 0.29) is 0 Å². The maximum Gasteiger partial charge on any atom is 0.394 e. The molecule has 1 unspecified atom stereocenters. The van der Waals surface area contributed by atoms with Crippen molar-refractivity contribution >= 4 is 8.60 Å². The van der Waals surface area contributed by atoms with E-state index < -0.39 is 8.60 Å². The fraction of sp³-hybridized carbons (Fsp3) is 0.556. The first-order valence-electron chi connectivity index (χ1n) is 12.1. The molecular weight excluding hydrogens is 403 g/mol. The van der Waals surface area contributed by atoms with Gasteiger partial charge in [-0.25, -0.2) is 0 Å². The number of benzene rings is 2. The smallest absolute Gasteiger partial charge is 0.394 e. The van der Waals surface area contributed by atoms with Crippen molar-refractivity contribution in [2.75, 3.05) is 6.61 Å². The van der Waals surface area contributed by atoms with Crippen LogP contribution < -0.4 is 4.52 Å². The SMILES string of the molecule is CCCCCCCCCCCCCOP(O)Oc1ccccc1Cc1ccccc1C. The molecule has 0 aliphatic rings. The highest BCUT2D eigenvalue weighted by atomic mass is 31.2. The first-order chi connectivity index (χ1) is 15.2. The van der Waals surface area contributed by atoms with Crippen LogP contribution >= 0.6 is 8.60 Å². The summed E-state index contributed by atoms with van der Waals surface area (Å²) in [5, 5.41) is 0. The van der Waals surface area contributed by atoms with Gasteiger partial charge in [-0.1, -0.05) is 114 Å². The van der Waals surface area contributed by atoms with Gasteiger partial charge in [0.25, 0.3) is 0 Å². The zero-order valence-corrected chi connectivity index (χ0v) is 20.4. The predicted octanol–water partition coefficient (Wildman–Crippen LogP) is 8.51. The molecule has 31 heavy (non-hydrogen) atoms. The van der Waals surface area contributed by atoms with Crippen molar-refractivity contribution in [3.05, 3.63) is 65.2 Å². The number of aryl methyl sites for hydroxylation is 1. The van der Waals surface area contributed by atoms with E-state index in [1.807, 2.05) is 18.2 Å². The molecule has 0 heterocycles. The van der Waals surface area contributed by atoms with Crippen LogP contribution in [-0.2, 0) is 10.9 Å². The summed E-state index contributed by atoms with van der Waals surface area (Å²) in [5.41, 5.74) is 3.59. The van der Waals surface area contributed by atoms with Crippen molar-refractivity contribution in [3.63, 3.8) is 0 Å². The fourth-order valence-corrected chi connectivity index (χ4v) is 4.46. The molecule has 3 nitrogen and oxygen atoms in total. The largest absolute Gasteiger partial charge is 0.427 e. The van der Waals surface area contributed by atoms with E-state index in [9.17, 15) is 4.89 Å². The van der Waals surface area contributed by atoms with E-state index in [1.54, 1.807) is 0 Å². The second kappa shape index (κ2) is 16.3. The molecule has 172 valence electrons. The van der Waals surface area contributed by atoms with Crippen LogP contribution in [0.1, 0.15) is 94.2 Å². The maximum absolute atomic E-state index is 10.2. The van der Waals surface area contributed by atoms with Crippen LogP contribution in [0.3, 0.4) is 0 Å². The molecule has 0 fully saturated rings. The Balaban J connectivity index is 1.59. The molecule has 2 aromatic carbocycles. The van der Waals surface area contributed by atoms with E-state index in [1.165, 1.54) is 68.9 Å². The summed E-state index contributed by atoms with van der Waals surface area (Å²) < 4.78 is 11.3. The first kappa shape index (κ1) is 25.8. The lowest BCUT2D eigenvalue weighted by molar-refractivity contribution is 0.253. The molecule has 0 saturated carbocycles. The maximum atomic E-state index is 10.2. The number of hydrogen-bond acceptors (Lipinski definition) is 3. The van der Waals surface area contributed by atoms with Gasteiger partial charge in [0.05, 0.1) is 6.61 Å². The van der Waals surface area contributed by atoms with Gasteiger partial charge in [0.2, 0.25) is 0 Å². The molecule has 0 saturated heterocycles. The zero-order chi connectivity index (χ0) is 22.2. The molecule has 4 heteroatoms. The van der Waals surface area contributed by atoms with Crippen molar-refractivity contribution in [1.82, 2.24) is 0 Å². The normalized spacial score (nSPS) is 12.1. The van der Waals surface area contributed by atoms with Gasteiger partial charge >= 0.3 is 8.60 Å². The molecule has 0 aliphatic carbocycles. The van der Waals surface area contributed by atoms with Gasteiger partial charge in [0.1, 0.15) is 5.75 Å². The van der Waals surface area contributed by atoms with Crippen LogP contribution in [0.4, 0.5) is 0 Å². The Morgan fingerprint density at radius 1 is 0.710 bits per heavy atom. The summed E-state index contributed by atoms with van der Waals surface area (Å²) >= 11 is 0. The Kier molecular flexibility index (Phi) is 13.6. The van der Waals surface area contributed by atoms with Crippen LogP contribution in [0.5, 0.6) is 5.75 Å². The minimum Gasteiger partial charge on any atom is -0.427 e. The average Bonchev–Trinajstić information content (AvgIpc) is 2.77. The van der Waals surface area contributed by atoms with E-state index in [0.29, 0.717) is 12.4 Å². The Labute approximate surface area is 191 Å². The minimum absolute atomic E-state index is 0.555. The fourth-order valence-electron chi connectivity index (χ4n) is 3.77. The van der Waals surface area contributed by atoms with Crippen LogP contribution in [0, 0.1) is 6.92 Å². The van der Waals surface area contributed by atoms with E-state index in [2.05, 4.69) is 44.2 Å². The Morgan fingerprint density at radius 2 is 1.26 bits per heavy atom. The standard InChI is InChI=1S/C27H41O3P/c1-3-4-5-6-7-8-9-10-11-12-17-22-29-31(28)30-27-21-16-15-20-26(27)23-25-19-14-13-18-24(25)2/h13-16,18-21,28H,3-12,17,22-23H2,1-2H3. The molecule has 0 bridgehead atoms. The van der Waals surface area contributed by atoms with Crippen LogP contribution in [-0.4, -0.2) is 11.5 Å². The predicted molar refractivity (Wildman–Crippen MR) is 133 cm³/mol. The van der Waals surface area contributed by atoms with Gasteiger partial charge in [-0.05, 0) is 36.1 Å². The highest BCUT2D eigenvalue weighted by molar-refractivity contribution is 7.41. The highest BCUT2D eigenvalue weighted by Crippen LogP contribution is 2.37. The summed E-state index contributed by atoms with van der Waals surface area (Å²) in [6.07, 6.45) is 15.1. The lowest BCUT2D eigenvalue weighted by Gasteiger charge is -2.15. The van der Waals surface area contributed by atoms with E-state index in [4.69, 9.17) is 9.05 Å². The first-order valence-corrected chi connectivity index (χ1v) is 13.3. The molecule has 2 aromatic rings. The summed E-state index contributed by atoms with van der Waals surface area (Å²) in [7, 11) is -1.89. The van der Waals surface area contributed by atoms with Crippen LogP contribution in [0.25, 0.3) is 0 Å². The second-order valence-electron chi connectivity index (χ2n) is 8.41. The third-order valence-electron chi connectivity index (χ3n) is 5.74. The van der Waals surface area contributed by atoms with Gasteiger partial charge in [-0.2, -0.15) is 0 Å². The third-order valence-corrected chi connectivity index (χ3v) is 6.50. The van der Waals surface area contributed by atoms with Crippen molar-refractivity contribution < 1.29 is 13.9 Å². The summed E-state index contributed by atoms with van der Waals surface area (Å²) in [4.78, 5) is 10.2. The topological polar surface area (TPSA) is 38.7 Å². The highest BCUT2D eigenvalue weighted by Gasteiger charge is 2.13. The van der Waals surface area contributed by atoms with Gasteiger partial charge in [0, 0.05) is 6.42 Å². The summed E-state index contributed by atoms with van der Waals surface area (Å²) in [5.74, 6) is 0.707. The lowest BCUT2D eigenvalue weighted by Crippen LogP contribution is -1.99. The van der Waals surface area contributed by atoms with Gasteiger partial charge in [0.15, 0.2) is 0 Å². The van der Waals surface area contributed by atoms with Crippen molar-refractivity contribution in [2.45, 2.75) is 90.9 Å². The van der Waals surface area contributed by atoms with Crippen LogP contribution in [0.2, 0.25) is 0 Å². The van der Waals surface area contributed by atoms with E-state index >= 15 is 0 Å². The molecule has 0 aromatic heterocycles. The Morgan fingerprint density at radius 3 is 1.90 bits per heavy atom.